The lowest BCUT2D eigenvalue weighted by Crippen LogP contribution is -2.45. The molecule has 1 aromatic carbocycles. The van der Waals surface area contributed by atoms with Gasteiger partial charge in [0, 0.05) is 6.42 Å². The fraction of sp³-hybridized carbons (Fsp3) is 0.417. The lowest BCUT2D eigenvalue weighted by molar-refractivity contribution is -0.123. The summed E-state index contributed by atoms with van der Waals surface area (Å²) in [6.45, 7) is 3.69. The molecular weight excluding hydrogens is 190 g/mol. The zero-order chi connectivity index (χ0) is 11.5. The SMILES string of the molecule is CNC(C)(C)C(=O)Cc1cccc(O)c1. The third-order valence-corrected chi connectivity index (χ3v) is 2.60. The van der Waals surface area contributed by atoms with E-state index >= 15 is 0 Å². The van der Waals surface area contributed by atoms with Gasteiger partial charge in [0.2, 0.25) is 0 Å². The topological polar surface area (TPSA) is 49.3 Å². The second-order valence-corrected chi connectivity index (χ2v) is 4.14. The second-order valence-electron chi connectivity index (χ2n) is 4.14. The van der Waals surface area contributed by atoms with Gasteiger partial charge in [0.1, 0.15) is 5.75 Å². The van der Waals surface area contributed by atoms with Gasteiger partial charge in [-0.3, -0.25) is 4.79 Å². The highest BCUT2D eigenvalue weighted by molar-refractivity contribution is 5.89. The highest BCUT2D eigenvalue weighted by Crippen LogP contribution is 2.14. The van der Waals surface area contributed by atoms with Gasteiger partial charge in [-0.2, -0.15) is 0 Å². The van der Waals surface area contributed by atoms with Crippen LogP contribution >= 0.6 is 0 Å². The highest BCUT2D eigenvalue weighted by Gasteiger charge is 2.24. The molecule has 0 saturated heterocycles. The van der Waals surface area contributed by atoms with Crippen molar-refractivity contribution in [3.8, 4) is 5.75 Å². The summed E-state index contributed by atoms with van der Waals surface area (Å²) >= 11 is 0. The Kier molecular flexibility index (Phi) is 3.48. The standard InChI is InChI=1S/C12H17NO2/c1-12(2,13-3)11(15)8-9-5-4-6-10(14)7-9/h4-7,13-14H,8H2,1-3H3. The summed E-state index contributed by atoms with van der Waals surface area (Å²) in [7, 11) is 1.76. The molecule has 0 aliphatic heterocycles. The molecule has 15 heavy (non-hydrogen) atoms. The number of nitrogens with one attached hydrogen (secondary N) is 1. The molecule has 82 valence electrons. The molecule has 3 heteroatoms. The first-order valence-corrected chi connectivity index (χ1v) is 4.96. The van der Waals surface area contributed by atoms with Gasteiger partial charge >= 0.3 is 0 Å². The van der Waals surface area contributed by atoms with Crippen molar-refractivity contribution in [1.82, 2.24) is 5.32 Å². The van der Waals surface area contributed by atoms with E-state index in [0.717, 1.165) is 5.56 Å². The number of benzene rings is 1. The number of Topliss-reactive ketones (excluding diaryl/α,β-unsaturated/α-hetero) is 1. The van der Waals surface area contributed by atoms with Gasteiger partial charge < -0.3 is 10.4 Å². The number of carbonyl (C=O) groups is 1. The van der Waals surface area contributed by atoms with Crippen LogP contribution in [0, 0.1) is 0 Å². The van der Waals surface area contributed by atoms with Crippen molar-refractivity contribution in [3.63, 3.8) is 0 Å². The molecule has 0 heterocycles. The van der Waals surface area contributed by atoms with Gasteiger partial charge in [-0.1, -0.05) is 12.1 Å². The third-order valence-electron chi connectivity index (χ3n) is 2.60. The van der Waals surface area contributed by atoms with E-state index in [1.807, 2.05) is 19.9 Å². The van der Waals surface area contributed by atoms with Crippen LogP contribution in [0.5, 0.6) is 5.75 Å². The summed E-state index contributed by atoms with van der Waals surface area (Å²) in [5.74, 6) is 0.304. The molecule has 0 radical (unpaired) electrons. The maximum absolute atomic E-state index is 11.8. The van der Waals surface area contributed by atoms with Crippen LogP contribution in [0.4, 0.5) is 0 Å². The van der Waals surface area contributed by atoms with E-state index in [2.05, 4.69) is 5.32 Å². The minimum absolute atomic E-state index is 0.107. The largest absolute Gasteiger partial charge is 0.508 e. The average molecular weight is 207 g/mol. The Hall–Kier alpha value is -1.35. The van der Waals surface area contributed by atoms with E-state index in [9.17, 15) is 9.90 Å². The van der Waals surface area contributed by atoms with Gasteiger partial charge in [-0.15, -0.1) is 0 Å². The summed E-state index contributed by atoms with van der Waals surface area (Å²) in [5, 5.41) is 12.2. The molecule has 0 aliphatic carbocycles. The Morgan fingerprint density at radius 1 is 1.47 bits per heavy atom. The number of likely N-dealkylation sites (N-methyl/N-ethyl adjacent to an activating group) is 1. The summed E-state index contributed by atoms with van der Waals surface area (Å²) in [5.41, 5.74) is 0.314. The van der Waals surface area contributed by atoms with Crippen LogP contribution < -0.4 is 5.32 Å². The van der Waals surface area contributed by atoms with E-state index in [4.69, 9.17) is 0 Å². The Bertz CT molecular complexity index is 358. The lowest BCUT2D eigenvalue weighted by Gasteiger charge is -2.22. The van der Waals surface area contributed by atoms with Gasteiger partial charge in [-0.25, -0.2) is 0 Å². The number of phenols is 1. The molecule has 0 unspecified atom stereocenters. The first-order chi connectivity index (χ1) is 6.95. The Labute approximate surface area is 90.1 Å². The predicted molar refractivity (Wildman–Crippen MR) is 60.0 cm³/mol. The zero-order valence-corrected chi connectivity index (χ0v) is 9.37. The molecule has 1 rings (SSSR count). The van der Waals surface area contributed by atoms with Crippen molar-refractivity contribution in [2.45, 2.75) is 25.8 Å². The van der Waals surface area contributed by atoms with Gasteiger partial charge in [0.05, 0.1) is 5.54 Å². The minimum atomic E-state index is -0.522. The third kappa shape index (κ3) is 3.06. The minimum Gasteiger partial charge on any atom is -0.508 e. The highest BCUT2D eigenvalue weighted by atomic mass is 16.3. The predicted octanol–water partition coefficient (Wildman–Crippen LogP) is 1.50. The van der Waals surface area contributed by atoms with Gasteiger partial charge in [-0.05, 0) is 38.6 Å². The van der Waals surface area contributed by atoms with E-state index < -0.39 is 5.54 Å². The van der Waals surface area contributed by atoms with E-state index in [0.29, 0.717) is 6.42 Å². The Morgan fingerprint density at radius 3 is 2.67 bits per heavy atom. The number of aromatic hydroxyl groups is 1. The molecular formula is C12H17NO2. The van der Waals surface area contributed by atoms with E-state index in [-0.39, 0.29) is 11.5 Å². The van der Waals surface area contributed by atoms with Gasteiger partial charge in [0.15, 0.2) is 5.78 Å². The van der Waals surface area contributed by atoms with Crippen molar-refractivity contribution < 1.29 is 9.90 Å². The van der Waals surface area contributed by atoms with Crippen LogP contribution in [-0.2, 0) is 11.2 Å². The first-order valence-electron chi connectivity index (χ1n) is 4.96. The van der Waals surface area contributed by atoms with Crippen molar-refractivity contribution in [3.05, 3.63) is 29.8 Å². The fourth-order valence-corrected chi connectivity index (χ4v) is 1.21. The van der Waals surface area contributed by atoms with Crippen molar-refractivity contribution >= 4 is 5.78 Å². The number of hydrogen-bond donors (Lipinski definition) is 2. The number of ketones is 1. The van der Waals surface area contributed by atoms with Gasteiger partial charge in [0.25, 0.3) is 0 Å². The van der Waals surface area contributed by atoms with Crippen LogP contribution in [-0.4, -0.2) is 23.5 Å². The number of hydrogen-bond acceptors (Lipinski definition) is 3. The van der Waals surface area contributed by atoms with Crippen molar-refractivity contribution in [1.29, 1.82) is 0 Å². The summed E-state index contributed by atoms with van der Waals surface area (Å²) in [6, 6.07) is 6.79. The van der Waals surface area contributed by atoms with Crippen LogP contribution in [0.15, 0.2) is 24.3 Å². The number of carbonyl (C=O) groups excluding carboxylic acids is 1. The van der Waals surface area contributed by atoms with Crippen molar-refractivity contribution in [2.75, 3.05) is 7.05 Å². The first kappa shape index (κ1) is 11.7. The summed E-state index contributed by atoms with van der Waals surface area (Å²) in [6.07, 6.45) is 0.336. The zero-order valence-electron chi connectivity index (χ0n) is 9.37. The average Bonchev–Trinajstić information content (AvgIpc) is 2.17. The number of phenolic OH excluding ortho intramolecular Hbond substituents is 1. The fourth-order valence-electron chi connectivity index (χ4n) is 1.21. The van der Waals surface area contributed by atoms with Crippen LogP contribution in [0.25, 0.3) is 0 Å². The van der Waals surface area contributed by atoms with E-state index in [1.165, 1.54) is 0 Å². The quantitative estimate of drug-likeness (QED) is 0.786. The van der Waals surface area contributed by atoms with E-state index in [1.54, 1.807) is 25.2 Å². The molecule has 0 atom stereocenters. The molecule has 1 aromatic rings. The summed E-state index contributed by atoms with van der Waals surface area (Å²) < 4.78 is 0. The molecule has 0 fully saturated rings. The molecule has 0 spiro atoms. The normalized spacial score (nSPS) is 11.4. The van der Waals surface area contributed by atoms with Crippen molar-refractivity contribution in [2.24, 2.45) is 0 Å². The Balaban J connectivity index is 2.75. The summed E-state index contributed by atoms with van der Waals surface area (Å²) in [4.78, 5) is 11.8. The molecule has 0 aromatic heterocycles. The lowest BCUT2D eigenvalue weighted by atomic mass is 9.94. The number of rotatable bonds is 4. The molecule has 0 bridgehead atoms. The molecule has 2 N–H and O–H groups in total. The maximum Gasteiger partial charge on any atom is 0.156 e. The smallest absolute Gasteiger partial charge is 0.156 e. The van der Waals surface area contributed by atoms with Crippen LogP contribution in [0.1, 0.15) is 19.4 Å². The van der Waals surface area contributed by atoms with Crippen LogP contribution in [0.2, 0.25) is 0 Å². The molecule has 3 nitrogen and oxygen atoms in total. The Morgan fingerprint density at radius 2 is 2.13 bits per heavy atom. The maximum atomic E-state index is 11.8. The van der Waals surface area contributed by atoms with Crippen LogP contribution in [0.3, 0.4) is 0 Å². The monoisotopic (exact) mass is 207 g/mol. The second kappa shape index (κ2) is 4.45. The molecule has 0 amide bonds. The molecule has 0 saturated carbocycles. The molecule has 0 aliphatic rings.